The molecule has 2 fully saturated rings. The van der Waals surface area contributed by atoms with Gasteiger partial charge in [-0.15, -0.1) is 0 Å². The summed E-state index contributed by atoms with van der Waals surface area (Å²) in [5.74, 6) is -0.259. The average Bonchev–Trinajstić information content (AvgIpc) is 3.16. The van der Waals surface area contributed by atoms with Crippen LogP contribution < -0.4 is 5.32 Å². The number of hydrogen-bond acceptors (Lipinski definition) is 6. The molecule has 0 spiro atoms. The standard InChI is InChI=1S/C18H29N5O5/c1-18(2,28-4)14(19-17(26)27)16(25)21-7-5-12(6-8-21)23-11-22-10-20(3)9-13(22)15(23)24/h9,12,14,19H,5-8,10-11H2,1-4H3,(H,26,27). The van der Waals surface area contributed by atoms with Gasteiger partial charge in [-0.2, -0.15) is 0 Å². The Morgan fingerprint density at radius 3 is 2.46 bits per heavy atom. The number of methoxy groups -OCH3 is 1. The molecule has 3 aliphatic heterocycles. The molecule has 156 valence electrons. The summed E-state index contributed by atoms with van der Waals surface area (Å²) in [6, 6.07) is -0.916. The lowest BCUT2D eigenvalue weighted by Crippen LogP contribution is -2.60. The van der Waals surface area contributed by atoms with Crippen LogP contribution in [0.3, 0.4) is 0 Å². The number of nitrogens with one attached hydrogen (secondary N) is 1. The number of amides is 3. The Labute approximate surface area is 164 Å². The van der Waals surface area contributed by atoms with E-state index in [1.807, 2.05) is 27.9 Å². The van der Waals surface area contributed by atoms with Gasteiger partial charge in [0, 0.05) is 39.5 Å². The van der Waals surface area contributed by atoms with E-state index in [2.05, 4.69) is 5.32 Å². The fourth-order valence-corrected chi connectivity index (χ4v) is 4.02. The minimum atomic E-state index is -1.26. The number of hydrogen-bond donors (Lipinski definition) is 2. The van der Waals surface area contributed by atoms with Crippen molar-refractivity contribution in [2.45, 2.75) is 44.4 Å². The third kappa shape index (κ3) is 3.73. The van der Waals surface area contributed by atoms with Gasteiger partial charge in [-0.1, -0.05) is 0 Å². The normalized spacial score (nSPS) is 21.7. The van der Waals surface area contributed by atoms with E-state index >= 15 is 0 Å². The summed E-state index contributed by atoms with van der Waals surface area (Å²) < 4.78 is 5.34. The molecule has 3 amide bonds. The maximum absolute atomic E-state index is 12.9. The van der Waals surface area contributed by atoms with Crippen LogP contribution in [0.5, 0.6) is 0 Å². The van der Waals surface area contributed by atoms with Gasteiger partial charge >= 0.3 is 6.09 Å². The second-order valence-corrected chi connectivity index (χ2v) is 8.12. The molecule has 0 aromatic carbocycles. The van der Waals surface area contributed by atoms with Crippen molar-refractivity contribution in [3.63, 3.8) is 0 Å². The van der Waals surface area contributed by atoms with Crippen molar-refractivity contribution in [1.29, 1.82) is 0 Å². The highest BCUT2D eigenvalue weighted by molar-refractivity contribution is 5.95. The second-order valence-electron chi connectivity index (χ2n) is 8.12. The van der Waals surface area contributed by atoms with E-state index in [-0.39, 0.29) is 17.9 Å². The average molecular weight is 395 g/mol. The van der Waals surface area contributed by atoms with Crippen LogP contribution in [0.25, 0.3) is 0 Å². The van der Waals surface area contributed by atoms with Gasteiger partial charge in [0.05, 0.1) is 18.9 Å². The van der Waals surface area contributed by atoms with Crippen molar-refractivity contribution in [2.24, 2.45) is 0 Å². The first-order valence-corrected chi connectivity index (χ1v) is 9.45. The predicted octanol–water partition coefficient (Wildman–Crippen LogP) is -0.115. The molecule has 3 heterocycles. The maximum Gasteiger partial charge on any atom is 0.405 e. The molecule has 3 aliphatic rings. The lowest BCUT2D eigenvalue weighted by Gasteiger charge is -2.40. The third-order valence-electron chi connectivity index (χ3n) is 5.83. The monoisotopic (exact) mass is 395 g/mol. The molecule has 2 saturated heterocycles. The molecule has 1 atom stereocenters. The molecule has 0 aromatic rings. The molecule has 0 aliphatic carbocycles. The fourth-order valence-electron chi connectivity index (χ4n) is 4.02. The Balaban J connectivity index is 1.61. The quantitative estimate of drug-likeness (QED) is 0.669. The molecule has 10 heteroatoms. The summed E-state index contributed by atoms with van der Waals surface area (Å²) in [6.45, 7) is 5.60. The number of fused-ring (bicyclic) bond motifs is 1. The number of carbonyl (C=O) groups excluding carboxylic acids is 2. The zero-order chi connectivity index (χ0) is 20.6. The Morgan fingerprint density at radius 2 is 1.93 bits per heavy atom. The topological polar surface area (TPSA) is 106 Å². The first kappa shape index (κ1) is 20.2. The molecule has 28 heavy (non-hydrogen) atoms. The van der Waals surface area contributed by atoms with Gasteiger partial charge in [-0.05, 0) is 26.7 Å². The molecule has 2 N–H and O–H groups in total. The van der Waals surface area contributed by atoms with Gasteiger partial charge in [0.15, 0.2) is 0 Å². The molecule has 0 saturated carbocycles. The van der Waals surface area contributed by atoms with E-state index in [4.69, 9.17) is 9.84 Å². The number of nitrogens with zero attached hydrogens (tertiary/aromatic N) is 4. The number of likely N-dealkylation sites (tertiary alicyclic amines) is 1. The van der Waals surface area contributed by atoms with Crippen molar-refractivity contribution in [1.82, 2.24) is 24.9 Å². The number of carbonyl (C=O) groups is 3. The Hall–Kier alpha value is -2.49. The van der Waals surface area contributed by atoms with Gasteiger partial charge in [-0.3, -0.25) is 9.59 Å². The fraction of sp³-hybridized carbons (Fsp3) is 0.722. The lowest BCUT2D eigenvalue weighted by atomic mass is 9.95. The summed E-state index contributed by atoms with van der Waals surface area (Å²) >= 11 is 0. The minimum absolute atomic E-state index is 0.0417. The number of rotatable bonds is 5. The van der Waals surface area contributed by atoms with Crippen LogP contribution in [0.2, 0.25) is 0 Å². The Morgan fingerprint density at radius 1 is 1.29 bits per heavy atom. The first-order chi connectivity index (χ1) is 13.1. The molecule has 0 bridgehead atoms. The summed E-state index contributed by atoms with van der Waals surface area (Å²) in [4.78, 5) is 44.3. The Kier molecular flexibility index (Phi) is 5.42. The molecule has 0 radical (unpaired) electrons. The van der Waals surface area contributed by atoms with Crippen molar-refractivity contribution in [3.05, 3.63) is 11.9 Å². The first-order valence-electron chi connectivity index (χ1n) is 9.45. The van der Waals surface area contributed by atoms with Crippen molar-refractivity contribution < 1.29 is 24.2 Å². The van der Waals surface area contributed by atoms with Crippen molar-refractivity contribution in [3.8, 4) is 0 Å². The highest BCUT2D eigenvalue weighted by Crippen LogP contribution is 2.29. The zero-order valence-corrected chi connectivity index (χ0v) is 16.8. The van der Waals surface area contributed by atoms with Crippen LogP contribution >= 0.6 is 0 Å². The lowest BCUT2D eigenvalue weighted by molar-refractivity contribution is -0.142. The Bertz CT molecular complexity index is 686. The van der Waals surface area contributed by atoms with Crippen LogP contribution in [-0.2, 0) is 14.3 Å². The van der Waals surface area contributed by atoms with Crippen LogP contribution in [0.4, 0.5) is 4.79 Å². The largest absolute Gasteiger partial charge is 0.465 e. The van der Waals surface area contributed by atoms with Crippen LogP contribution in [0, 0.1) is 0 Å². The van der Waals surface area contributed by atoms with Crippen molar-refractivity contribution >= 4 is 17.9 Å². The summed E-state index contributed by atoms with van der Waals surface area (Å²) in [5, 5.41) is 11.4. The van der Waals surface area contributed by atoms with Crippen LogP contribution in [0.1, 0.15) is 26.7 Å². The van der Waals surface area contributed by atoms with Gasteiger partial charge < -0.3 is 34.8 Å². The molecular formula is C18H29N5O5. The van der Waals surface area contributed by atoms with Gasteiger partial charge in [0.1, 0.15) is 11.7 Å². The predicted molar refractivity (Wildman–Crippen MR) is 99.9 cm³/mol. The highest BCUT2D eigenvalue weighted by atomic mass is 16.5. The highest BCUT2D eigenvalue weighted by Gasteiger charge is 2.43. The molecule has 0 aromatic heterocycles. The molecule has 3 rings (SSSR count). The molecular weight excluding hydrogens is 366 g/mol. The van der Waals surface area contributed by atoms with Crippen molar-refractivity contribution in [2.75, 3.05) is 40.6 Å². The van der Waals surface area contributed by atoms with Gasteiger partial charge in [-0.25, -0.2) is 4.79 Å². The van der Waals surface area contributed by atoms with Crippen LogP contribution in [0.15, 0.2) is 11.9 Å². The van der Waals surface area contributed by atoms with E-state index in [1.165, 1.54) is 7.11 Å². The molecule has 1 unspecified atom stereocenters. The van der Waals surface area contributed by atoms with Gasteiger partial charge in [0.25, 0.3) is 5.91 Å². The smallest absolute Gasteiger partial charge is 0.405 e. The van der Waals surface area contributed by atoms with E-state index < -0.39 is 17.7 Å². The van der Waals surface area contributed by atoms with E-state index in [0.717, 1.165) is 5.70 Å². The molecule has 10 nitrogen and oxygen atoms in total. The maximum atomic E-state index is 12.9. The van der Waals surface area contributed by atoms with Gasteiger partial charge in [0.2, 0.25) is 5.91 Å². The summed E-state index contributed by atoms with van der Waals surface area (Å²) in [5.41, 5.74) is -0.242. The van der Waals surface area contributed by atoms with E-state index in [0.29, 0.717) is 39.3 Å². The third-order valence-corrected chi connectivity index (χ3v) is 5.83. The zero-order valence-electron chi connectivity index (χ0n) is 16.8. The van der Waals surface area contributed by atoms with E-state index in [1.54, 1.807) is 18.7 Å². The number of ether oxygens (including phenoxy) is 1. The summed E-state index contributed by atoms with van der Waals surface area (Å²) in [7, 11) is 3.39. The van der Waals surface area contributed by atoms with E-state index in [9.17, 15) is 14.4 Å². The second kappa shape index (κ2) is 7.50. The summed E-state index contributed by atoms with van der Waals surface area (Å²) in [6.07, 6.45) is 1.94. The SMILES string of the molecule is COC(C)(C)C(NC(=O)O)C(=O)N1CCC(N2CN3CN(C)C=C3C2=O)CC1. The number of piperidine rings is 1. The van der Waals surface area contributed by atoms with Crippen LogP contribution in [-0.4, -0.2) is 101 Å². The number of carboxylic acid groups (broad SMARTS) is 1. The minimum Gasteiger partial charge on any atom is -0.465 e.